The van der Waals surface area contributed by atoms with Crippen molar-refractivity contribution in [2.45, 2.75) is 46.6 Å². The molecule has 1 aromatic rings. The fraction of sp³-hybridized carbons (Fsp3) is 0.562. The summed E-state index contributed by atoms with van der Waals surface area (Å²) in [6, 6.07) is 4.55. The van der Waals surface area contributed by atoms with Crippen molar-refractivity contribution < 1.29 is 14.5 Å². The van der Waals surface area contributed by atoms with Crippen LogP contribution >= 0.6 is 0 Å². The van der Waals surface area contributed by atoms with Gasteiger partial charge in [-0.2, -0.15) is 0 Å². The molecular weight excluding hydrogens is 284 g/mol. The number of nitrogens with one attached hydrogen (secondary N) is 1. The van der Waals surface area contributed by atoms with E-state index >= 15 is 0 Å². The Balaban J connectivity index is 2.44. The van der Waals surface area contributed by atoms with Crippen molar-refractivity contribution in [3.8, 4) is 5.75 Å². The van der Waals surface area contributed by atoms with Gasteiger partial charge in [0, 0.05) is 17.7 Å². The Labute approximate surface area is 131 Å². The number of carbonyl (C=O) groups is 1. The van der Waals surface area contributed by atoms with Crippen LogP contribution in [-0.4, -0.2) is 23.5 Å². The zero-order chi connectivity index (χ0) is 16.7. The highest BCUT2D eigenvalue weighted by molar-refractivity contribution is 5.77. The SMILES string of the molecule is Cc1cc(OCC(=O)NC(C)CCC(C)C)ccc1[N+](=O)[O-]. The lowest BCUT2D eigenvalue weighted by Crippen LogP contribution is -2.36. The first-order chi connectivity index (χ1) is 10.3. The molecule has 0 spiro atoms. The minimum absolute atomic E-state index is 0.0408. The summed E-state index contributed by atoms with van der Waals surface area (Å²) in [4.78, 5) is 22.1. The molecule has 0 radical (unpaired) electrons. The number of carbonyl (C=O) groups excluding carboxylic acids is 1. The Morgan fingerprint density at radius 3 is 2.55 bits per heavy atom. The van der Waals surface area contributed by atoms with E-state index in [1.807, 2.05) is 6.92 Å². The summed E-state index contributed by atoms with van der Waals surface area (Å²) < 4.78 is 5.38. The van der Waals surface area contributed by atoms with E-state index in [4.69, 9.17) is 4.74 Å². The van der Waals surface area contributed by atoms with Crippen LogP contribution in [-0.2, 0) is 4.79 Å². The quantitative estimate of drug-likeness (QED) is 0.590. The Kier molecular flexibility index (Phi) is 6.82. The van der Waals surface area contributed by atoms with Gasteiger partial charge in [-0.3, -0.25) is 14.9 Å². The standard InChI is InChI=1S/C16H24N2O4/c1-11(2)5-6-13(4)17-16(19)10-22-14-7-8-15(18(20)21)12(3)9-14/h7-9,11,13H,5-6,10H2,1-4H3,(H,17,19). The first-order valence-electron chi connectivity index (χ1n) is 7.46. The van der Waals surface area contributed by atoms with Gasteiger partial charge in [0.2, 0.25) is 0 Å². The Bertz CT molecular complexity index is 529. The monoisotopic (exact) mass is 308 g/mol. The van der Waals surface area contributed by atoms with Crippen molar-refractivity contribution in [2.75, 3.05) is 6.61 Å². The van der Waals surface area contributed by atoms with Crippen molar-refractivity contribution in [1.82, 2.24) is 5.32 Å². The molecule has 0 bridgehead atoms. The molecule has 0 aliphatic rings. The molecule has 0 heterocycles. The first-order valence-corrected chi connectivity index (χ1v) is 7.46. The van der Waals surface area contributed by atoms with Crippen LogP contribution in [0.2, 0.25) is 0 Å². The summed E-state index contributed by atoms with van der Waals surface area (Å²) in [5.41, 5.74) is 0.548. The summed E-state index contributed by atoms with van der Waals surface area (Å²) in [6.07, 6.45) is 1.99. The van der Waals surface area contributed by atoms with Gasteiger partial charge < -0.3 is 10.1 Å². The zero-order valence-corrected chi connectivity index (χ0v) is 13.6. The number of ether oxygens (including phenoxy) is 1. The summed E-state index contributed by atoms with van der Waals surface area (Å²) in [6.45, 7) is 7.81. The van der Waals surface area contributed by atoms with Crippen LogP contribution in [0.5, 0.6) is 5.75 Å². The maximum Gasteiger partial charge on any atom is 0.272 e. The Morgan fingerprint density at radius 2 is 2.00 bits per heavy atom. The van der Waals surface area contributed by atoms with Gasteiger partial charge >= 0.3 is 0 Å². The molecule has 0 aliphatic carbocycles. The van der Waals surface area contributed by atoms with E-state index in [-0.39, 0.29) is 24.2 Å². The largest absolute Gasteiger partial charge is 0.484 e. The van der Waals surface area contributed by atoms with Gasteiger partial charge in [0.25, 0.3) is 11.6 Å². The number of nitrogens with zero attached hydrogens (tertiary/aromatic N) is 1. The number of nitro benzene ring substituents is 1. The topological polar surface area (TPSA) is 81.5 Å². The van der Waals surface area contributed by atoms with Crippen LogP contribution in [0.4, 0.5) is 5.69 Å². The van der Waals surface area contributed by atoms with Gasteiger partial charge in [-0.25, -0.2) is 0 Å². The second kappa shape index (κ2) is 8.36. The lowest BCUT2D eigenvalue weighted by atomic mass is 10.0. The van der Waals surface area contributed by atoms with Crippen LogP contribution in [0.15, 0.2) is 18.2 Å². The summed E-state index contributed by atoms with van der Waals surface area (Å²) in [7, 11) is 0. The van der Waals surface area contributed by atoms with Crippen molar-refractivity contribution in [1.29, 1.82) is 0 Å². The van der Waals surface area contributed by atoms with Gasteiger partial charge in [0.05, 0.1) is 4.92 Å². The van der Waals surface area contributed by atoms with E-state index in [0.29, 0.717) is 17.2 Å². The molecule has 1 unspecified atom stereocenters. The highest BCUT2D eigenvalue weighted by Gasteiger charge is 2.12. The van der Waals surface area contributed by atoms with Crippen LogP contribution in [0.25, 0.3) is 0 Å². The molecule has 122 valence electrons. The van der Waals surface area contributed by atoms with Crippen molar-refractivity contribution in [3.63, 3.8) is 0 Å². The highest BCUT2D eigenvalue weighted by atomic mass is 16.6. The van der Waals surface area contributed by atoms with Gasteiger partial charge in [-0.15, -0.1) is 0 Å². The third kappa shape index (κ3) is 6.11. The number of benzene rings is 1. The fourth-order valence-corrected chi connectivity index (χ4v) is 2.04. The van der Waals surface area contributed by atoms with E-state index in [0.717, 1.165) is 12.8 Å². The summed E-state index contributed by atoms with van der Waals surface area (Å²) >= 11 is 0. The molecule has 1 N–H and O–H groups in total. The van der Waals surface area contributed by atoms with Crippen LogP contribution in [0.1, 0.15) is 39.2 Å². The average Bonchev–Trinajstić information content (AvgIpc) is 2.42. The van der Waals surface area contributed by atoms with Gasteiger partial charge in [-0.1, -0.05) is 13.8 Å². The third-order valence-electron chi connectivity index (χ3n) is 3.32. The number of amides is 1. The maximum absolute atomic E-state index is 11.8. The molecule has 0 saturated carbocycles. The Morgan fingerprint density at radius 1 is 1.32 bits per heavy atom. The van der Waals surface area contributed by atoms with Gasteiger partial charge in [0.15, 0.2) is 6.61 Å². The predicted molar refractivity (Wildman–Crippen MR) is 85.0 cm³/mol. The minimum atomic E-state index is -0.442. The minimum Gasteiger partial charge on any atom is -0.484 e. The molecule has 0 aromatic heterocycles. The molecule has 6 nitrogen and oxygen atoms in total. The maximum atomic E-state index is 11.8. The molecule has 1 atom stereocenters. The normalized spacial score (nSPS) is 12.0. The smallest absolute Gasteiger partial charge is 0.272 e. The summed E-state index contributed by atoms with van der Waals surface area (Å²) in [5, 5.41) is 13.6. The third-order valence-corrected chi connectivity index (χ3v) is 3.32. The zero-order valence-electron chi connectivity index (χ0n) is 13.6. The number of aryl methyl sites for hydroxylation is 1. The van der Waals surface area contributed by atoms with E-state index in [9.17, 15) is 14.9 Å². The molecule has 0 saturated heterocycles. The van der Waals surface area contributed by atoms with Gasteiger partial charge in [-0.05, 0) is 44.7 Å². The van der Waals surface area contributed by atoms with E-state index in [1.54, 1.807) is 13.0 Å². The van der Waals surface area contributed by atoms with Gasteiger partial charge in [0.1, 0.15) is 5.75 Å². The highest BCUT2D eigenvalue weighted by Crippen LogP contribution is 2.22. The lowest BCUT2D eigenvalue weighted by Gasteiger charge is -2.15. The number of rotatable bonds is 8. The predicted octanol–water partition coefficient (Wildman–Crippen LogP) is 3.22. The first kappa shape index (κ1) is 17.9. The molecule has 1 amide bonds. The van der Waals surface area contributed by atoms with Crippen LogP contribution in [0, 0.1) is 23.0 Å². The second-order valence-corrected chi connectivity index (χ2v) is 5.93. The molecule has 1 aromatic carbocycles. The van der Waals surface area contributed by atoms with E-state index in [1.165, 1.54) is 12.1 Å². The number of hydrogen-bond donors (Lipinski definition) is 1. The van der Waals surface area contributed by atoms with Crippen LogP contribution < -0.4 is 10.1 Å². The van der Waals surface area contributed by atoms with Crippen molar-refractivity contribution in [2.24, 2.45) is 5.92 Å². The second-order valence-electron chi connectivity index (χ2n) is 5.93. The van der Waals surface area contributed by atoms with E-state index in [2.05, 4.69) is 19.2 Å². The molecule has 0 aliphatic heterocycles. The molecular formula is C16H24N2O4. The fourth-order valence-electron chi connectivity index (χ4n) is 2.04. The van der Waals surface area contributed by atoms with E-state index < -0.39 is 4.92 Å². The van der Waals surface area contributed by atoms with Crippen LogP contribution in [0.3, 0.4) is 0 Å². The molecule has 22 heavy (non-hydrogen) atoms. The van der Waals surface area contributed by atoms with Crippen molar-refractivity contribution >= 4 is 11.6 Å². The molecule has 0 fully saturated rings. The Hall–Kier alpha value is -2.11. The van der Waals surface area contributed by atoms with Crippen molar-refractivity contribution in [3.05, 3.63) is 33.9 Å². The number of nitro groups is 1. The number of hydrogen-bond acceptors (Lipinski definition) is 4. The summed E-state index contributed by atoms with van der Waals surface area (Å²) in [5.74, 6) is 0.874. The lowest BCUT2D eigenvalue weighted by molar-refractivity contribution is -0.385. The molecule has 1 rings (SSSR count). The average molecular weight is 308 g/mol. The molecule has 6 heteroatoms.